The number of fused-ring (bicyclic) bond motifs is 1. The number of halogens is 2. The number of carbonyl (C=O) groups is 3. The third kappa shape index (κ3) is 10.8. The Kier molecular flexibility index (Phi) is 14.0. The molecule has 312 valence electrons. The lowest BCUT2D eigenvalue weighted by atomic mass is 9.91. The highest BCUT2D eigenvalue weighted by Gasteiger charge is 2.25. The molecule has 7 aromatic rings. The Balaban J connectivity index is 0.000000189. The van der Waals surface area contributed by atoms with Gasteiger partial charge in [-0.05, 0) is 103 Å². The van der Waals surface area contributed by atoms with Crippen LogP contribution in [0.4, 0.5) is 10.1 Å². The molecule has 0 N–H and O–H groups in total. The molecule has 63 heavy (non-hydrogen) atoms. The van der Waals surface area contributed by atoms with E-state index >= 15 is 0 Å². The van der Waals surface area contributed by atoms with Crippen LogP contribution in [0.3, 0.4) is 0 Å². The van der Waals surface area contributed by atoms with Gasteiger partial charge in [0.05, 0.1) is 11.1 Å². The van der Waals surface area contributed by atoms with Crippen molar-refractivity contribution in [3.05, 3.63) is 206 Å². The lowest BCUT2D eigenvalue weighted by Crippen LogP contribution is -2.25. The van der Waals surface area contributed by atoms with Gasteiger partial charge >= 0.3 is 0 Å². The maximum Gasteiger partial charge on any atom is 0.227 e. The molecule has 8 rings (SSSR count). The van der Waals surface area contributed by atoms with Crippen LogP contribution in [-0.4, -0.2) is 34.0 Å². The highest BCUT2D eigenvalue weighted by Crippen LogP contribution is 2.30. The average molecular weight is 850 g/mol. The first-order valence-electron chi connectivity index (χ1n) is 20.9. The van der Waals surface area contributed by atoms with Gasteiger partial charge in [-0.25, -0.2) is 4.39 Å². The zero-order valence-corrected chi connectivity index (χ0v) is 36.4. The lowest BCUT2D eigenvalue weighted by molar-refractivity contribution is -0.117. The molecule has 3 heterocycles. The molecule has 0 unspecified atom stereocenters. The zero-order valence-electron chi connectivity index (χ0n) is 35.6. The number of nitrogens with zero attached hydrogens (tertiary/aromatic N) is 3. The second-order valence-electron chi connectivity index (χ2n) is 15.8. The average Bonchev–Trinajstić information content (AvgIpc) is 3.72. The van der Waals surface area contributed by atoms with Crippen LogP contribution >= 0.6 is 11.6 Å². The lowest BCUT2D eigenvalue weighted by Gasteiger charge is -2.20. The summed E-state index contributed by atoms with van der Waals surface area (Å²) in [6.07, 6.45) is 8.67. The minimum Gasteiger partial charge on any atom is -0.312 e. The number of ketones is 2. The molecule has 2 aromatic heterocycles. The van der Waals surface area contributed by atoms with Crippen LogP contribution in [0.15, 0.2) is 134 Å². The Morgan fingerprint density at radius 2 is 1.46 bits per heavy atom. The molecular weight excluding hydrogens is 805 g/mol. The van der Waals surface area contributed by atoms with E-state index in [1.165, 1.54) is 17.7 Å². The molecule has 1 aliphatic heterocycles. The van der Waals surface area contributed by atoms with Crippen molar-refractivity contribution in [2.24, 2.45) is 0 Å². The van der Waals surface area contributed by atoms with Crippen molar-refractivity contribution in [3.8, 4) is 23.7 Å². The van der Waals surface area contributed by atoms with Crippen molar-refractivity contribution in [2.75, 3.05) is 11.4 Å². The maximum atomic E-state index is 14.5. The van der Waals surface area contributed by atoms with Crippen LogP contribution in [0.25, 0.3) is 10.8 Å². The molecule has 5 aromatic carbocycles. The van der Waals surface area contributed by atoms with E-state index in [1.54, 1.807) is 47.9 Å². The number of hydrogen-bond acceptors (Lipinski definition) is 5. The quantitative estimate of drug-likeness (QED) is 0.112. The fourth-order valence-electron chi connectivity index (χ4n) is 7.56. The fraction of sp³-hybridized carbons (Fsp3) is 0.182. The normalized spacial score (nSPS) is 11.9. The Bertz CT molecular complexity index is 2990. The van der Waals surface area contributed by atoms with Gasteiger partial charge in [-0.1, -0.05) is 110 Å². The van der Waals surface area contributed by atoms with Crippen molar-refractivity contribution in [3.63, 3.8) is 0 Å². The predicted octanol–water partition coefficient (Wildman–Crippen LogP) is 11.6. The molecular formula is C55H45ClFN3O3. The van der Waals surface area contributed by atoms with Gasteiger partial charge in [-0.3, -0.25) is 24.4 Å². The van der Waals surface area contributed by atoms with E-state index in [9.17, 15) is 18.8 Å². The summed E-state index contributed by atoms with van der Waals surface area (Å²) in [7, 11) is 0. The minimum absolute atomic E-state index is 0.0281. The zero-order chi connectivity index (χ0) is 44.5. The summed E-state index contributed by atoms with van der Waals surface area (Å²) < 4.78 is 14.5. The first-order valence-corrected chi connectivity index (χ1v) is 21.2. The fourth-order valence-corrected chi connectivity index (χ4v) is 7.73. The third-order valence-corrected chi connectivity index (χ3v) is 11.3. The SMILES string of the molecule is Cc1c(CC(=O)c2ccc(F)c(C#Cc3cncc4ccccc34)c2)cccc1C(C)C.Cc1ccc(C(=O)Cc2ccc(Cl)cc2N2CCCC2=O)cc1C#Cc1cccnc1. The van der Waals surface area contributed by atoms with Gasteiger partial charge < -0.3 is 4.90 Å². The number of Topliss-reactive ketones (excluding diaryl/α,β-unsaturated/α-hetero) is 2. The molecule has 1 aliphatic rings. The minimum atomic E-state index is -0.444. The molecule has 0 aliphatic carbocycles. The first-order chi connectivity index (χ1) is 30.4. The van der Waals surface area contributed by atoms with Crippen LogP contribution in [0.1, 0.15) is 103 Å². The molecule has 0 bridgehead atoms. The van der Waals surface area contributed by atoms with Crippen molar-refractivity contribution in [1.82, 2.24) is 9.97 Å². The van der Waals surface area contributed by atoms with E-state index in [-0.39, 0.29) is 35.9 Å². The number of aromatic nitrogens is 2. The van der Waals surface area contributed by atoms with E-state index in [1.807, 2.05) is 79.7 Å². The molecule has 1 amide bonds. The second-order valence-corrected chi connectivity index (χ2v) is 16.2. The maximum absolute atomic E-state index is 14.5. The summed E-state index contributed by atoms with van der Waals surface area (Å²) in [5.41, 5.74) is 9.52. The monoisotopic (exact) mass is 849 g/mol. The number of pyridine rings is 2. The van der Waals surface area contributed by atoms with Crippen molar-refractivity contribution < 1.29 is 18.8 Å². The third-order valence-electron chi connectivity index (χ3n) is 11.1. The van der Waals surface area contributed by atoms with Gasteiger partial charge in [0.2, 0.25) is 5.91 Å². The summed E-state index contributed by atoms with van der Waals surface area (Å²) in [6, 6.07) is 32.9. The van der Waals surface area contributed by atoms with Crippen molar-refractivity contribution >= 4 is 45.5 Å². The highest BCUT2D eigenvalue weighted by molar-refractivity contribution is 6.31. The molecule has 1 saturated heterocycles. The number of carbonyl (C=O) groups excluding carboxylic acids is 3. The summed E-state index contributed by atoms with van der Waals surface area (Å²) >= 11 is 6.18. The number of rotatable bonds is 8. The van der Waals surface area contributed by atoms with Crippen LogP contribution in [0.5, 0.6) is 0 Å². The van der Waals surface area contributed by atoms with Gasteiger partial charge in [0.1, 0.15) is 5.82 Å². The standard InChI is InChI=1S/C29H24FNO.C26H21ClN2O2/c1-19(2)26-10-6-8-21(20(26)3)16-29(32)23-13-14-28(30)22(15-23)11-12-25-18-31-17-24-7-4-5-9-27(24)25;1-18-6-8-22(14-20(18)9-7-19-4-2-12-28-17-19)25(30)15-21-10-11-23(27)16-24(21)29-13-3-5-26(29)31/h4-10,13-15,17-19H,16H2,1-3H3;2,4,6,8,10-12,14,16-17H,3,5,13,15H2,1H3. The number of amides is 1. The number of hydrogen-bond donors (Lipinski definition) is 0. The van der Waals surface area contributed by atoms with Gasteiger partial charge in [0.25, 0.3) is 0 Å². The predicted molar refractivity (Wildman–Crippen MR) is 250 cm³/mol. The Morgan fingerprint density at radius 3 is 2.21 bits per heavy atom. The summed E-state index contributed by atoms with van der Waals surface area (Å²) in [4.78, 5) is 48.3. The van der Waals surface area contributed by atoms with Crippen LogP contribution in [-0.2, 0) is 17.6 Å². The Hall–Kier alpha value is -7.19. The molecule has 8 heteroatoms. The first kappa shape index (κ1) is 43.9. The smallest absolute Gasteiger partial charge is 0.227 e. The van der Waals surface area contributed by atoms with Crippen LogP contribution in [0, 0.1) is 43.3 Å². The number of anilines is 1. The van der Waals surface area contributed by atoms with Gasteiger partial charge in [-0.2, -0.15) is 0 Å². The molecule has 6 nitrogen and oxygen atoms in total. The van der Waals surface area contributed by atoms with Crippen LogP contribution < -0.4 is 4.90 Å². The van der Waals surface area contributed by atoms with Crippen molar-refractivity contribution in [2.45, 2.75) is 59.3 Å². The van der Waals surface area contributed by atoms with Gasteiger partial charge in [-0.15, -0.1) is 0 Å². The van der Waals surface area contributed by atoms with Gasteiger partial charge in [0.15, 0.2) is 11.6 Å². The number of aryl methyl sites for hydroxylation is 1. The van der Waals surface area contributed by atoms with Crippen LogP contribution in [0.2, 0.25) is 5.02 Å². The number of benzene rings is 5. The largest absolute Gasteiger partial charge is 0.312 e. The van der Waals surface area contributed by atoms with E-state index in [4.69, 9.17) is 11.6 Å². The molecule has 0 atom stereocenters. The second kappa shape index (κ2) is 20.1. The van der Waals surface area contributed by atoms with E-state index in [0.717, 1.165) is 61.8 Å². The summed E-state index contributed by atoms with van der Waals surface area (Å²) in [5.74, 6) is 12.1. The van der Waals surface area contributed by atoms with E-state index in [0.29, 0.717) is 35.0 Å². The molecule has 0 radical (unpaired) electrons. The van der Waals surface area contributed by atoms with Gasteiger partial charge in [0, 0.05) is 94.3 Å². The highest BCUT2D eigenvalue weighted by atomic mass is 35.5. The molecule has 0 saturated carbocycles. The topological polar surface area (TPSA) is 80.2 Å². The Labute approximate surface area is 373 Å². The molecule has 1 fully saturated rings. The Morgan fingerprint density at radius 1 is 0.730 bits per heavy atom. The van der Waals surface area contributed by atoms with E-state index in [2.05, 4.69) is 60.5 Å². The van der Waals surface area contributed by atoms with Crippen molar-refractivity contribution in [1.29, 1.82) is 0 Å². The summed E-state index contributed by atoms with van der Waals surface area (Å²) in [5, 5.41) is 2.49. The molecule has 0 spiro atoms. The van der Waals surface area contributed by atoms with E-state index < -0.39 is 5.82 Å². The summed E-state index contributed by atoms with van der Waals surface area (Å²) in [6.45, 7) is 8.96.